The summed E-state index contributed by atoms with van der Waals surface area (Å²) in [7, 11) is 0. The Morgan fingerprint density at radius 3 is 2.53 bits per heavy atom. The highest BCUT2D eigenvalue weighted by Crippen LogP contribution is 2.25. The van der Waals surface area contributed by atoms with Crippen molar-refractivity contribution in [1.82, 2.24) is 5.32 Å². The van der Waals surface area contributed by atoms with Gasteiger partial charge in [0, 0.05) is 5.92 Å². The lowest BCUT2D eigenvalue weighted by Crippen LogP contribution is -2.34. The Morgan fingerprint density at radius 1 is 1.29 bits per heavy atom. The summed E-state index contributed by atoms with van der Waals surface area (Å²) >= 11 is 0. The molecule has 1 aromatic carbocycles. The Hall–Kier alpha value is -1.35. The number of hydrogen-bond acceptors (Lipinski definition) is 2. The van der Waals surface area contributed by atoms with Crippen LogP contribution in [0, 0.1) is 5.92 Å². The molecule has 1 aromatic rings. The molecule has 0 bridgehead atoms. The molecule has 0 aliphatic heterocycles. The summed E-state index contributed by atoms with van der Waals surface area (Å²) in [5.74, 6) is 0.234. The van der Waals surface area contributed by atoms with Crippen LogP contribution in [-0.4, -0.2) is 17.6 Å². The molecule has 1 atom stereocenters. The minimum atomic E-state index is -0.274. The van der Waals surface area contributed by atoms with Crippen LogP contribution in [0.3, 0.4) is 0 Å². The molecule has 92 valence electrons. The lowest BCUT2D eigenvalue weighted by Gasteiger charge is -2.19. The summed E-state index contributed by atoms with van der Waals surface area (Å²) in [5.41, 5.74) is 0.960. The topological polar surface area (TPSA) is 49.3 Å². The number of nitrogens with one attached hydrogen (secondary N) is 1. The number of aliphatic hydroxyl groups excluding tert-OH is 1. The van der Waals surface area contributed by atoms with Gasteiger partial charge in [0.05, 0.1) is 12.6 Å². The molecule has 1 aliphatic carbocycles. The molecule has 17 heavy (non-hydrogen) atoms. The van der Waals surface area contributed by atoms with E-state index in [1.807, 2.05) is 30.3 Å². The Balaban J connectivity index is 1.97. The van der Waals surface area contributed by atoms with Crippen LogP contribution in [0.5, 0.6) is 0 Å². The summed E-state index contributed by atoms with van der Waals surface area (Å²) in [6, 6.07) is 9.34. The van der Waals surface area contributed by atoms with Gasteiger partial charge in [-0.25, -0.2) is 0 Å². The van der Waals surface area contributed by atoms with E-state index < -0.39 is 0 Å². The quantitative estimate of drug-likeness (QED) is 0.836. The van der Waals surface area contributed by atoms with Gasteiger partial charge in [0.1, 0.15) is 0 Å². The molecule has 3 heteroatoms. The first-order chi connectivity index (χ1) is 8.31. The van der Waals surface area contributed by atoms with Gasteiger partial charge in [-0.1, -0.05) is 43.2 Å². The van der Waals surface area contributed by atoms with Gasteiger partial charge in [0.2, 0.25) is 5.91 Å². The third-order valence-electron chi connectivity index (χ3n) is 3.43. The summed E-state index contributed by atoms with van der Waals surface area (Å²) in [6.07, 6.45) is 4.26. The maximum absolute atomic E-state index is 12.0. The van der Waals surface area contributed by atoms with Crippen molar-refractivity contribution in [3.8, 4) is 0 Å². The van der Waals surface area contributed by atoms with Crippen LogP contribution in [0.4, 0.5) is 0 Å². The average molecular weight is 233 g/mol. The van der Waals surface area contributed by atoms with Gasteiger partial charge in [-0.15, -0.1) is 0 Å². The van der Waals surface area contributed by atoms with E-state index in [-0.39, 0.29) is 24.5 Å². The standard InChI is InChI=1S/C14H19NO2/c16-10-13(11-6-2-1-3-7-11)15-14(17)12-8-4-5-9-12/h1-3,6-7,12-13,16H,4-5,8-10H2,(H,15,17)/t13-/m1/s1. The van der Waals surface area contributed by atoms with E-state index in [9.17, 15) is 9.90 Å². The predicted octanol–water partition coefficient (Wildman–Crippen LogP) is 2.03. The first kappa shape index (κ1) is 12.1. The number of amides is 1. The highest BCUT2D eigenvalue weighted by atomic mass is 16.3. The second kappa shape index (κ2) is 5.82. The zero-order valence-electron chi connectivity index (χ0n) is 9.93. The molecule has 0 saturated heterocycles. The smallest absolute Gasteiger partial charge is 0.223 e. The molecule has 0 aromatic heterocycles. The molecule has 0 radical (unpaired) electrons. The van der Waals surface area contributed by atoms with Crippen molar-refractivity contribution in [3.63, 3.8) is 0 Å². The highest BCUT2D eigenvalue weighted by Gasteiger charge is 2.24. The largest absolute Gasteiger partial charge is 0.394 e. The molecule has 0 spiro atoms. The molecule has 2 rings (SSSR count). The Kier molecular flexibility index (Phi) is 4.15. The first-order valence-corrected chi connectivity index (χ1v) is 6.27. The molecule has 1 amide bonds. The fourth-order valence-corrected chi connectivity index (χ4v) is 2.40. The molecule has 0 unspecified atom stereocenters. The highest BCUT2D eigenvalue weighted by molar-refractivity contribution is 5.79. The molecule has 0 heterocycles. The van der Waals surface area contributed by atoms with E-state index in [0.717, 1.165) is 31.2 Å². The second-order valence-electron chi connectivity index (χ2n) is 4.64. The SMILES string of the molecule is O=C(N[C@H](CO)c1ccccc1)C1CCCC1. The number of hydrogen-bond donors (Lipinski definition) is 2. The van der Waals surface area contributed by atoms with Crippen molar-refractivity contribution < 1.29 is 9.90 Å². The van der Waals surface area contributed by atoms with E-state index in [0.29, 0.717) is 0 Å². The van der Waals surface area contributed by atoms with Gasteiger partial charge in [-0.3, -0.25) is 4.79 Å². The van der Waals surface area contributed by atoms with Gasteiger partial charge in [0.15, 0.2) is 0 Å². The van der Waals surface area contributed by atoms with E-state index in [1.165, 1.54) is 0 Å². The summed E-state index contributed by atoms with van der Waals surface area (Å²) < 4.78 is 0. The fourth-order valence-electron chi connectivity index (χ4n) is 2.40. The normalized spacial score (nSPS) is 17.9. The van der Waals surface area contributed by atoms with Crippen molar-refractivity contribution in [2.45, 2.75) is 31.7 Å². The number of rotatable bonds is 4. The Bertz CT molecular complexity index is 358. The minimum Gasteiger partial charge on any atom is -0.394 e. The van der Waals surface area contributed by atoms with Gasteiger partial charge in [0.25, 0.3) is 0 Å². The maximum atomic E-state index is 12.0. The Morgan fingerprint density at radius 2 is 1.94 bits per heavy atom. The van der Waals surface area contributed by atoms with Crippen LogP contribution in [0.2, 0.25) is 0 Å². The van der Waals surface area contributed by atoms with E-state index in [4.69, 9.17) is 0 Å². The lowest BCUT2D eigenvalue weighted by molar-refractivity contribution is -0.125. The predicted molar refractivity (Wildman–Crippen MR) is 66.4 cm³/mol. The number of carbonyl (C=O) groups excluding carboxylic acids is 1. The van der Waals surface area contributed by atoms with Crippen molar-refractivity contribution in [2.24, 2.45) is 5.92 Å². The van der Waals surface area contributed by atoms with E-state index in [1.54, 1.807) is 0 Å². The molecular formula is C14H19NO2. The van der Waals surface area contributed by atoms with E-state index >= 15 is 0 Å². The second-order valence-corrected chi connectivity index (χ2v) is 4.64. The van der Waals surface area contributed by atoms with Crippen molar-refractivity contribution in [3.05, 3.63) is 35.9 Å². The summed E-state index contributed by atoms with van der Waals surface area (Å²) in [4.78, 5) is 12.0. The number of benzene rings is 1. The Labute approximate surface area is 102 Å². The lowest BCUT2D eigenvalue weighted by atomic mass is 10.0. The molecule has 1 aliphatic rings. The van der Waals surface area contributed by atoms with Gasteiger partial charge in [-0.2, -0.15) is 0 Å². The molecule has 1 fully saturated rings. The zero-order valence-corrected chi connectivity index (χ0v) is 9.93. The number of carbonyl (C=O) groups is 1. The average Bonchev–Trinajstić information content (AvgIpc) is 2.90. The third kappa shape index (κ3) is 3.07. The summed E-state index contributed by atoms with van der Waals surface area (Å²) in [6.45, 7) is -0.0531. The minimum absolute atomic E-state index is 0.0531. The summed E-state index contributed by atoms with van der Waals surface area (Å²) in [5, 5.41) is 12.3. The van der Waals surface area contributed by atoms with Crippen LogP contribution < -0.4 is 5.32 Å². The maximum Gasteiger partial charge on any atom is 0.223 e. The van der Waals surface area contributed by atoms with Crippen LogP contribution in [0.25, 0.3) is 0 Å². The molecule has 2 N–H and O–H groups in total. The third-order valence-corrected chi connectivity index (χ3v) is 3.43. The molecule has 1 saturated carbocycles. The number of aliphatic hydroxyl groups is 1. The van der Waals surface area contributed by atoms with Gasteiger partial charge >= 0.3 is 0 Å². The first-order valence-electron chi connectivity index (χ1n) is 6.27. The van der Waals surface area contributed by atoms with Crippen molar-refractivity contribution in [1.29, 1.82) is 0 Å². The van der Waals surface area contributed by atoms with Crippen LogP contribution in [0.1, 0.15) is 37.3 Å². The van der Waals surface area contributed by atoms with Gasteiger partial charge in [-0.05, 0) is 18.4 Å². The van der Waals surface area contributed by atoms with Crippen LogP contribution in [-0.2, 0) is 4.79 Å². The van der Waals surface area contributed by atoms with Crippen LogP contribution >= 0.6 is 0 Å². The van der Waals surface area contributed by atoms with E-state index in [2.05, 4.69) is 5.32 Å². The molecule has 3 nitrogen and oxygen atoms in total. The van der Waals surface area contributed by atoms with Crippen LogP contribution in [0.15, 0.2) is 30.3 Å². The van der Waals surface area contributed by atoms with Crippen molar-refractivity contribution >= 4 is 5.91 Å². The molecular weight excluding hydrogens is 214 g/mol. The monoisotopic (exact) mass is 233 g/mol. The van der Waals surface area contributed by atoms with Gasteiger partial charge < -0.3 is 10.4 Å². The zero-order chi connectivity index (χ0) is 12.1. The van der Waals surface area contributed by atoms with Crippen molar-refractivity contribution in [2.75, 3.05) is 6.61 Å². The fraction of sp³-hybridized carbons (Fsp3) is 0.500.